The number of anilines is 2. The van der Waals surface area contributed by atoms with Crippen molar-refractivity contribution in [3.63, 3.8) is 0 Å². The number of carbonyl (C=O) groups is 1. The van der Waals surface area contributed by atoms with Gasteiger partial charge in [0.2, 0.25) is 0 Å². The monoisotopic (exact) mass is 362 g/mol. The third kappa shape index (κ3) is 4.81. The standard InChI is InChI=1S/C18H20F2N4O2/c19-17(20)26-15-6-2-1-5-14(15)24-18(25)22-11-9-13-8-7-12-4-3-10-21-16(12)23-13/h1-2,5-8,17H,3-4,9-11H2,(H,21,23)(H2,22,24,25). The summed E-state index contributed by atoms with van der Waals surface area (Å²) in [5, 5.41) is 8.47. The summed E-state index contributed by atoms with van der Waals surface area (Å²) in [6.45, 7) is -1.66. The molecule has 8 heteroatoms. The predicted octanol–water partition coefficient (Wildman–Crippen LogP) is 3.41. The summed E-state index contributed by atoms with van der Waals surface area (Å²) < 4.78 is 29.2. The molecule has 0 radical (unpaired) electrons. The second kappa shape index (κ2) is 8.46. The maximum atomic E-state index is 12.4. The van der Waals surface area contributed by atoms with E-state index in [1.165, 1.54) is 17.7 Å². The zero-order valence-electron chi connectivity index (χ0n) is 14.1. The van der Waals surface area contributed by atoms with Crippen LogP contribution in [-0.4, -0.2) is 30.7 Å². The Labute approximate surface area is 150 Å². The molecule has 0 unspecified atom stereocenters. The minimum absolute atomic E-state index is 0.0833. The third-order valence-electron chi connectivity index (χ3n) is 3.97. The van der Waals surface area contributed by atoms with E-state index in [2.05, 4.69) is 31.7 Å². The molecule has 0 spiro atoms. The van der Waals surface area contributed by atoms with E-state index in [0.717, 1.165) is 30.9 Å². The molecule has 0 saturated heterocycles. The first-order valence-corrected chi connectivity index (χ1v) is 8.43. The Balaban J connectivity index is 1.50. The summed E-state index contributed by atoms with van der Waals surface area (Å²) in [5.74, 6) is 0.830. The van der Waals surface area contributed by atoms with Gasteiger partial charge in [0.25, 0.3) is 0 Å². The average molecular weight is 362 g/mol. The van der Waals surface area contributed by atoms with Gasteiger partial charge in [-0.2, -0.15) is 8.78 Å². The Morgan fingerprint density at radius 3 is 2.96 bits per heavy atom. The van der Waals surface area contributed by atoms with E-state index in [1.54, 1.807) is 12.1 Å². The number of alkyl halides is 2. The minimum Gasteiger partial charge on any atom is -0.433 e. The highest BCUT2D eigenvalue weighted by Gasteiger charge is 2.12. The Morgan fingerprint density at radius 1 is 1.27 bits per heavy atom. The van der Waals surface area contributed by atoms with Crippen molar-refractivity contribution in [2.75, 3.05) is 23.7 Å². The molecule has 1 aliphatic heterocycles. The number of ether oxygens (including phenoxy) is 1. The number of pyridine rings is 1. The molecule has 2 aromatic rings. The number of hydrogen-bond acceptors (Lipinski definition) is 4. The first kappa shape index (κ1) is 17.9. The van der Waals surface area contributed by atoms with Crippen molar-refractivity contribution >= 4 is 17.5 Å². The third-order valence-corrected chi connectivity index (χ3v) is 3.97. The van der Waals surface area contributed by atoms with Gasteiger partial charge in [-0.15, -0.1) is 0 Å². The van der Waals surface area contributed by atoms with E-state index < -0.39 is 12.6 Å². The maximum Gasteiger partial charge on any atom is 0.387 e. The lowest BCUT2D eigenvalue weighted by atomic mass is 10.1. The van der Waals surface area contributed by atoms with Crippen LogP contribution in [0.15, 0.2) is 36.4 Å². The summed E-state index contributed by atoms with van der Waals surface area (Å²) in [7, 11) is 0. The van der Waals surface area contributed by atoms with Crippen LogP contribution in [0.4, 0.5) is 25.1 Å². The predicted molar refractivity (Wildman–Crippen MR) is 94.8 cm³/mol. The van der Waals surface area contributed by atoms with Crippen LogP contribution >= 0.6 is 0 Å². The van der Waals surface area contributed by atoms with Crippen LogP contribution in [0.2, 0.25) is 0 Å². The molecule has 2 amide bonds. The molecule has 1 aromatic carbocycles. The van der Waals surface area contributed by atoms with Crippen molar-refractivity contribution in [1.82, 2.24) is 10.3 Å². The lowest BCUT2D eigenvalue weighted by Crippen LogP contribution is -2.30. The average Bonchev–Trinajstić information content (AvgIpc) is 2.63. The van der Waals surface area contributed by atoms with Crippen LogP contribution in [0.3, 0.4) is 0 Å². The molecule has 138 valence electrons. The van der Waals surface area contributed by atoms with Crippen molar-refractivity contribution in [2.45, 2.75) is 25.9 Å². The van der Waals surface area contributed by atoms with Gasteiger partial charge >= 0.3 is 12.6 Å². The molecule has 0 atom stereocenters. The molecule has 0 fully saturated rings. The number of nitrogens with one attached hydrogen (secondary N) is 3. The minimum atomic E-state index is -2.95. The SMILES string of the molecule is O=C(NCCc1ccc2c(n1)NCCC2)Nc1ccccc1OC(F)F. The summed E-state index contributed by atoms with van der Waals surface area (Å²) in [5.41, 5.74) is 2.27. The largest absolute Gasteiger partial charge is 0.433 e. The molecule has 3 N–H and O–H groups in total. The van der Waals surface area contributed by atoms with Crippen molar-refractivity contribution < 1.29 is 18.3 Å². The highest BCUT2D eigenvalue weighted by atomic mass is 19.3. The molecular weight excluding hydrogens is 342 g/mol. The number of fused-ring (bicyclic) bond motifs is 1. The van der Waals surface area contributed by atoms with Crippen molar-refractivity contribution in [1.29, 1.82) is 0 Å². The number of urea groups is 1. The number of halogens is 2. The van der Waals surface area contributed by atoms with Gasteiger partial charge in [0, 0.05) is 25.2 Å². The number of benzene rings is 1. The fourth-order valence-corrected chi connectivity index (χ4v) is 2.75. The number of hydrogen-bond donors (Lipinski definition) is 3. The molecule has 1 aliphatic rings. The van der Waals surface area contributed by atoms with E-state index in [4.69, 9.17) is 0 Å². The Hall–Kier alpha value is -2.90. The Bertz CT molecular complexity index is 771. The Morgan fingerprint density at radius 2 is 2.12 bits per heavy atom. The normalized spacial score (nSPS) is 12.9. The summed E-state index contributed by atoms with van der Waals surface area (Å²) in [6.07, 6.45) is 2.69. The van der Waals surface area contributed by atoms with Gasteiger partial charge in [-0.1, -0.05) is 18.2 Å². The summed E-state index contributed by atoms with van der Waals surface area (Å²) in [6, 6.07) is 9.55. The molecule has 3 rings (SSSR count). The molecule has 6 nitrogen and oxygen atoms in total. The number of nitrogens with zero attached hydrogens (tertiary/aromatic N) is 1. The summed E-state index contributed by atoms with van der Waals surface area (Å²) in [4.78, 5) is 16.5. The van der Waals surface area contributed by atoms with Gasteiger partial charge in [0.05, 0.1) is 5.69 Å². The van der Waals surface area contributed by atoms with Crippen LogP contribution in [0.5, 0.6) is 5.75 Å². The van der Waals surface area contributed by atoms with Crippen molar-refractivity contribution in [3.8, 4) is 5.75 Å². The van der Waals surface area contributed by atoms with Gasteiger partial charge in [0.15, 0.2) is 0 Å². The van der Waals surface area contributed by atoms with E-state index >= 15 is 0 Å². The molecular formula is C18H20F2N4O2. The lowest BCUT2D eigenvalue weighted by Gasteiger charge is -2.17. The number of aromatic nitrogens is 1. The topological polar surface area (TPSA) is 75.3 Å². The van der Waals surface area contributed by atoms with Gasteiger partial charge in [-0.25, -0.2) is 9.78 Å². The van der Waals surface area contributed by atoms with Crippen molar-refractivity contribution in [3.05, 3.63) is 47.7 Å². The zero-order valence-corrected chi connectivity index (χ0v) is 14.1. The van der Waals surface area contributed by atoms with Crippen LogP contribution < -0.4 is 20.7 Å². The number of amides is 2. The first-order valence-electron chi connectivity index (χ1n) is 8.43. The second-order valence-corrected chi connectivity index (χ2v) is 5.85. The number of para-hydroxylation sites is 2. The highest BCUT2D eigenvalue weighted by Crippen LogP contribution is 2.25. The van der Waals surface area contributed by atoms with Crippen LogP contribution in [0.1, 0.15) is 17.7 Å². The second-order valence-electron chi connectivity index (χ2n) is 5.85. The van der Waals surface area contributed by atoms with E-state index in [9.17, 15) is 13.6 Å². The van der Waals surface area contributed by atoms with Crippen molar-refractivity contribution in [2.24, 2.45) is 0 Å². The van der Waals surface area contributed by atoms with E-state index in [0.29, 0.717) is 13.0 Å². The van der Waals surface area contributed by atoms with Crippen LogP contribution in [0, 0.1) is 0 Å². The zero-order chi connectivity index (χ0) is 18.4. The summed E-state index contributed by atoms with van der Waals surface area (Å²) >= 11 is 0. The van der Waals surface area contributed by atoms with Gasteiger partial charge in [0.1, 0.15) is 11.6 Å². The Kier molecular flexibility index (Phi) is 5.83. The van der Waals surface area contributed by atoms with Crippen LogP contribution in [-0.2, 0) is 12.8 Å². The highest BCUT2D eigenvalue weighted by molar-refractivity contribution is 5.90. The van der Waals surface area contributed by atoms with Gasteiger partial charge < -0.3 is 20.7 Å². The quantitative estimate of drug-likeness (QED) is 0.736. The van der Waals surface area contributed by atoms with E-state index in [1.807, 2.05) is 6.07 Å². The fraction of sp³-hybridized carbons (Fsp3) is 0.333. The molecule has 0 bridgehead atoms. The number of rotatable bonds is 6. The van der Waals surface area contributed by atoms with Gasteiger partial charge in [-0.3, -0.25) is 0 Å². The lowest BCUT2D eigenvalue weighted by molar-refractivity contribution is -0.0493. The number of aryl methyl sites for hydroxylation is 1. The molecule has 2 heterocycles. The van der Waals surface area contributed by atoms with Crippen LogP contribution in [0.25, 0.3) is 0 Å². The molecule has 1 aromatic heterocycles. The van der Waals surface area contributed by atoms with E-state index in [-0.39, 0.29) is 11.4 Å². The van der Waals surface area contributed by atoms with Gasteiger partial charge in [-0.05, 0) is 36.6 Å². The smallest absolute Gasteiger partial charge is 0.387 e. The fourth-order valence-electron chi connectivity index (χ4n) is 2.75. The first-order chi connectivity index (χ1) is 12.6. The maximum absolute atomic E-state index is 12.4. The number of carbonyl (C=O) groups excluding carboxylic acids is 1. The molecule has 26 heavy (non-hydrogen) atoms. The molecule has 0 saturated carbocycles. The molecule has 0 aliphatic carbocycles.